The van der Waals surface area contributed by atoms with Crippen molar-refractivity contribution in [3.63, 3.8) is 0 Å². The van der Waals surface area contributed by atoms with Gasteiger partial charge in [-0.15, -0.1) is 11.3 Å². The molecule has 1 N–H and O–H groups in total. The van der Waals surface area contributed by atoms with E-state index in [9.17, 15) is 9.90 Å². The fraction of sp³-hybridized carbons (Fsp3) is 0.0588. The van der Waals surface area contributed by atoms with E-state index in [0.717, 1.165) is 30.8 Å². The fourth-order valence-electron chi connectivity index (χ4n) is 2.57. The summed E-state index contributed by atoms with van der Waals surface area (Å²) < 4.78 is 1.03. The van der Waals surface area contributed by atoms with Crippen LogP contribution in [0, 0.1) is 0 Å². The predicted octanol–water partition coefficient (Wildman–Crippen LogP) is 5.60. The van der Waals surface area contributed by atoms with E-state index in [-0.39, 0.29) is 6.54 Å². The Kier molecular flexibility index (Phi) is 4.37. The van der Waals surface area contributed by atoms with Gasteiger partial charge in [0.25, 0.3) is 0 Å². The van der Waals surface area contributed by atoms with Crippen LogP contribution in [-0.4, -0.2) is 22.6 Å². The summed E-state index contributed by atoms with van der Waals surface area (Å²) in [4.78, 5) is 18.6. The van der Waals surface area contributed by atoms with Gasteiger partial charge < -0.3 is 10.0 Å². The third-order valence-corrected chi connectivity index (χ3v) is 6.16. The van der Waals surface area contributed by atoms with E-state index in [4.69, 9.17) is 23.2 Å². The summed E-state index contributed by atoms with van der Waals surface area (Å²) >= 11 is 15.1. The molecule has 1 aliphatic rings. The molecule has 0 atom stereocenters. The van der Waals surface area contributed by atoms with Crippen molar-refractivity contribution < 1.29 is 9.90 Å². The van der Waals surface area contributed by atoms with Gasteiger partial charge >= 0.3 is 5.97 Å². The molecule has 2 aromatic carbocycles. The average Bonchev–Trinajstić information content (AvgIpc) is 3.08. The number of anilines is 1. The van der Waals surface area contributed by atoms with Crippen LogP contribution in [0.1, 0.15) is 5.01 Å². The number of thiazole rings is 1. The van der Waals surface area contributed by atoms with Crippen LogP contribution in [0.25, 0.3) is 16.3 Å². The van der Waals surface area contributed by atoms with Gasteiger partial charge in [0.2, 0.25) is 0 Å². The first-order valence-electron chi connectivity index (χ1n) is 7.24. The van der Waals surface area contributed by atoms with E-state index in [2.05, 4.69) is 4.98 Å². The molecule has 8 heteroatoms. The molecule has 0 bridgehead atoms. The lowest BCUT2D eigenvalue weighted by atomic mass is 10.3. The van der Waals surface area contributed by atoms with Gasteiger partial charge in [0.15, 0.2) is 0 Å². The van der Waals surface area contributed by atoms with Gasteiger partial charge in [0, 0.05) is 21.0 Å². The molecule has 0 saturated carbocycles. The lowest BCUT2D eigenvalue weighted by Gasteiger charge is -2.17. The summed E-state index contributed by atoms with van der Waals surface area (Å²) in [6, 6.07) is 11.1. The standard InChI is InChI=1S/C17H10Cl2N2O2S2/c18-9-1-3-13-11(5-9)20-15(24-13)7-16-21(8-17(22)23)12-6-10(19)2-4-14(12)25-16/h1-7H,8H2,(H,22,23)/b16-7-. The number of fused-ring (bicyclic) bond motifs is 2. The van der Waals surface area contributed by atoms with Gasteiger partial charge in [-0.05, 0) is 36.4 Å². The van der Waals surface area contributed by atoms with Crippen molar-refractivity contribution in [3.8, 4) is 0 Å². The largest absolute Gasteiger partial charge is 0.480 e. The Morgan fingerprint density at radius 1 is 1.20 bits per heavy atom. The van der Waals surface area contributed by atoms with Crippen LogP contribution in [0.3, 0.4) is 0 Å². The zero-order chi connectivity index (χ0) is 17.6. The first-order chi connectivity index (χ1) is 12.0. The van der Waals surface area contributed by atoms with Crippen molar-refractivity contribution in [2.24, 2.45) is 0 Å². The molecule has 0 spiro atoms. The van der Waals surface area contributed by atoms with Gasteiger partial charge in [-0.25, -0.2) is 4.98 Å². The van der Waals surface area contributed by atoms with Crippen LogP contribution in [-0.2, 0) is 4.79 Å². The van der Waals surface area contributed by atoms with E-state index in [0.29, 0.717) is 10.0 Å². The minimum Gasteiger partial charge on any atom is -0.480 e. The minimum atomic E-state index is -0.907. The van der Waals surface area contributed by atoms with Crippen LogP contribution in [0.5, 0.6) is 0 Å². The summed E-state index contributed by atoms with van der Waals surface area (Å²) in [6.45, 7) is -0.136. The molecule has 126 valence electrons. The van der Waals surface area contributed by atoms with Crippen LogP contribution in [0.4, 0.5) is 5.69 Å². The Bertz CT molecular complexity index is 1030. The average molecular weight is 409 g/mol. The molecular weight excluding hydrogens is 399 g/mol. The summed E-state index contributed by atoms with van der Waals surface area (Å²) in [5.74, 6) is -0.907. The first kappa shape index (κ1) is 16.7. The van der Waals surface area contributed by atoms with Crippen molar-refractivity contribution in [1.82, 2.24) is 4.98 Å². The SMILES string of the molecule is O=C(O)CN1/C(=C/c2nc3cc(Cl)ccc3s2)Sc2ccc(Cl)cc21. The van der Waals surface area contributed by atoms with E-state index < -0.39 is 5.97 Å². The fourth-order valence-corrected chi connectivity index (χ4v) is 4.94. The van der Waals surface area contributed by atoms with Gasteiger partial charge in [0.1, 0.15) is 11.6 Å². The smallest absolute Gasteiger partial charge is 0.323 e. The normalized spacial score (nSPS) is 15.1. The van der Waals surface area contributed by atoms with Crippen LogP contribution < -0.4 is 4.90 Å². The summed E-state index contributed by atoms with van der Waals surface area (Å²) in [5, 5.41) is 12.1. The van der Waals surface area contributed by atoms with Gasteiger partial charge in [-0.3, -0.25) is 4.79 Å². The highest BCUT2D eigenvalue weighted by molar-refractivity contribution is 8.03. The lowest BCUT2D eigenvalue weighted by Crippen LogP contribution is -2.25. The second kappa shape index (κ2) is 6.53. The molecular formula is C17H10Cl2N2O2S2. The Balaban J connectivity index is 1.76. The number of rotatable bonds is 3. The van der Waals surface area contributed by atoms with Crippen LogP contribution >= 0.6 is 46.3 Å². The molecule has 2 heterocycles. The number of carbonyl (C=O) groups is 1. The Morgan fingerprint density at radius 3 is 2.76 bits per heavy atom. The first-order valence-corrected chi connectivity index (χ1v) is 9.63. The highest BCUT2D eigenvalue weighted by atomic mass is 35.5. The zero-order valence-electron chi connectivity index (χ0n) is 12.6. The summed E-state index contributed by atoms with van der Waals surface area (Å²) in [6.07, 6.45) is 1.90. The van der Waals surface area contributed by atoms with Crippen LogP contribution in [0.2, 0.25) is 10.0 Å². The number of benzene rings is 2. The van der Waals surface area contributed by atoms with E-state index in [1.807, 2.05) is 30.3 Å². The number of thioether (sulfide) groups is 1. The maximum atomic E-state index is 11.3. The highest BCUT2D eigenvalue weighted by Gasteiger charge is 2.27. The number of hydrogen-bond donors (Lipinski definition) is 1. The number of hydrogen-bond acceptors (Lipinski definition) is 5. The third kappa shape index (κ3) is 3.35. The third-order valence-electron chi connectivity index (χ3n) is 3.60. The molecule has 0 unspecified atom stereocenters. The number of aromatic nitrogens is 1. The molecule has 25 heavy (non-hydrogen) atoms. The van der Waals surface area contributed by atoms with E-state index in [1.165, 1.54) is 23.1 Å². The maximum Gasteiger partial charge on any atom is 0.323 e. The van der Waals surface area contributed by atoms with Crippen molar-refractivity contribution in [2.45, 2.75) is 4.90 Å². The molecule has 0 radical (unpaired) electrons. The zero-order valence-corrected chi connectivity index (χ0v) is 15.7. The minimum absolute atomic E-state index is 0.136. The molecule has 3 aromatic rings. The molecule has 0 saturated heterocycles. The highest BCUT2D eigenvalue weighted by Crippen LogP contribution is 2.47. The lowest BCUT2D eigenvalue weighted by molar-refractivity contribution is -0.135. The molecule has 1 aromatic heterocycles. The Morgan fingerprint density at radius 2 is 1.96 bits per heavy atom. The molecule has 0 amide bonds. The molecule has 4 nitrogen and oxygen atoms in total. The number of carboxylic acids is 1. The quantitative estimate of drug-likeness (QED) is 0.611. The molecule has 4 rings (SSSR count). The number of carboxylic acid groups (broad SMARTS) is 1. The summed E-state index contributed by atoms with van der Waals surface area (Å²) in [5.41, 5.74) is 1.63. The molecule has 0 aliphatic carbocycles. The number of aliphatic carboxylic acids is 1. The Hall–Kier alpha value is -1.73. The second-order valence-corrected chi connectivity index (χ2v) is 8.34. The van der Waals surface area contributed by atoms with Gasteiger partial charge in [-0.1, -0.05) is 35.0 Å². The van der Waals surface area contributed by atoms with Crippen molar-refractivity contribution in [2.75, 3.05) is 11.4 Å². The summed E-state index contributed by atoms with van der Waals surface area (Å²) in [7, 11) is 0. The van der Waals surface area contributed by atoms with Gasteiger partial charge in [-0.2, -0.15) is 0 Å². The number of nitrogens with zero attached hydrogens (tertiary/aromatic N) is 2. The van der Waals surface area contributed by atoms with Crippen LogP contribution in [0.15, 0.2) is 46.3 Å². The van der Waals surface area contributed by atoms with E-state index >= 15 is 0 Å². The van der Waals surface area contributed by atoms with Crippen molar-refractivity contribution >= 4 is 74.2 Å². The van der Waals surface area contributed by atoms with Crippen molar-refractivity contribution in [1.29, 1.82) is 0 Å². The molecule has 0 fully saturated rings. The Labute approximate surface area is 161 Å². The topological polar surface area (TPSA) is 53.4 Å². The number of halogens is 2. The van der Waals surface area contributed by atoms with E-state index in [1.54, 1.807) is 17.0 Å². The predicted molar refractivity (Wildman–Crippen MR) is 105 cm³/mol. The maximum absolute atomic E-state index is 11.3. The van der Waals surface area contributed by atoms with Gasteiger partial charge in [0.05, 0.1) is 20.9 Å². The molecule has 1 aliphatic heterocycles. The van der Waals surface area contributed by atoms with Crippen molar-refractivity contribution in [3.05, 3.63) is 56.5 Å². The monoisotopic (exact) mass is 408 g/mol. The second-order valence-electron chi connectivity index (χ2n) is 5.34.